The number of aromatic hydroxyl groups is 1. The molecule has 2 rings (SSSR count). The summed E-state index contributed by atoms with van der Waals surface area (Å²) in [6.45, 7) is 1.63. The van der Waals surface area contributed by atoms with Gasteiger partial charge in [0.2, 0.25) is 5.75 Å². The molecule has 0 bridgehead atoms. The summed E-state index contributed by atoms with van der Waals surface area (Å²) < 4.78 is 5.47. The van der Waals surface area contributed by atoms with Crippen molar-refractivity contribution in [2.24, 2.45) is 0 Å². The van der Waals surface area contributed by atoms with E-state index in [2.05, 4.69) is 0 Å². The van der Waals surface area contributed by atoms with Crippen LogP contribution in [0.1, 0.15) is 11.1 Å². The highest BCUT2D eigenvalue weighted by Crippen LogP contribution is 2.35. The predicted octanol–water partition coefficient (Wildman–Crippen LogP) is 3.27. The van der Waals surface area contributed by atoms with Crippen molar-refractivity contribution < 1.29 is 14.8 Å². The molecule has 20 heavy (non-hydrogen) atoms. The number of hydrogen-bond acceptors (Lipinski definition) is 5. The van der Waals surface area contributed by atoms with Gasteiger partial charge in [0.25, 0.3) is 0 Å². The molecule has 0 saturated carbocycles. The lowest BCUT2D eigenvalue weighted by Gasteiger charge is -2.10. The zero-order valence-electron chi connectivity index (χ0n) is 10.5. The zero-order valence-corrected chi connectivity index (χ0v) is 10.5. The van der Waals surface area contributed by atoms with E-state index in [4.69, 9.17) is 10.00 Å². The fourth-order valence-electron chi connectivity index (χ4n) is 1.65. The second-order valence-corrected chi connectivity index (χ2v) is 4.05. The van der Waals surface area contributed by atoms with Gasteiger partial charge in [-0.3, -0.25) is 10.1 Å². The fourth-order valence-corrected chi connectivity index (χ4v) is 1.65. The van der Waals surface area contributed by atoms with E-state index in [-0.39, 0.29) is 22.7 Å². The van der Waals surface area contributed by atoms with Crippen LogP contribution in [-0.4, -0.2) is 10.0 Å². The third-order valence-electron chi connectivity index (χ3n) is 2.76. The highest BCUT2D eigenvalue weighted by Gasteiger charge is 2.17. The minimum absolute atomic E-state index is 0.0293. The SMILES string of the molecule is Cc1c(O)cccc1Oc1cc(C#N)ccc1[N+](=O)[O-]. The van der Waals surface area contributed by atoms with E-state index in [9.17, 15) is 15.2 Å². The number of hydrogen-bond donors (Lipinski definition) is 1. The number of nitro benzene ring substituents is 1. The van der Waals surface area contributed by atoms with E-state index in [0.717, 1.165) is 0 Å². The van der Waals surface area contributed by atoms with Crippen LogP contribution in [0.4, 0.5) is 5.69 Å². The number of ether oxygens (including phenoxy) is 1. The highest BCUT2D eigenvalue weighted by molar-refractivity contribution is 5.54. The molecule has 0 unspecified atom stereocenters. The van der Waals surface area contributed by atoms with Gasteiger partial charge in [0, 0.05) is 17.7 Å². The van der Waals surface area contributed by atoms with Crippen molar-refractivity contribution in [1.29, 1.82) is 5.26 Å². The summed E-state index contributed by atoms with van der Waals surface area (Å²) in [5, 5.41) is 29.4. The highest BCUT2D eigenvalue weighted by atomic mass is 16.6. The van der Waals surface area contributed by atoms with Crippen LogP contribution in [0.15, 0.2) is 36.4 Å². The number of nitriles is 1. The molecule has 0 aromatic heterocycles. The van der Waals surface area contributed by atoms with Crippen molar-refractivity contribution in [3.63, 3.8) is 0 Å². The molecule has 6 nitrogen and oxygen atoms in total. The summed E-state index contributed by atoms with van der Waals surface area (Å²) in [6.07, 6.45) is 0. The van der Waals surface area contributed by atoms with Crippen molar-refractivity contribution in [1.82, 2.24) is 0 Å². The summed E-state index contributed by atoms with van der Waals surface area (Å²) in [4.78, 5) is 10.4. The molecule has 0 fully saturated rings. The number of phenols is 1. The van der Waals surface area contributed by atoms with Crippen LogP contribution < -0.4 is 4.74 Å². The van der Waals surface area contributed by atoms with Crippen LogP contribution in [0.25, 0.3) is 0 Å². The summed E-state index contributed by atoms with van der Waals surface area (Å²) in [5.41, 5.74) is 0.472. The molecule has 0 heterocycles. The fraction of sp³-hybridized carbons (Fsp3) is 0.0714. The van der Waals surface area contributed by atoms with E-state index in [1.54, 1.807) is 19.1 Å². The van der Waals surface area contributed by atoms with Gasteiger partial charge in [-0.2, -0.15) is 5.26 Å². The van der Waals surface area contributed by atoms with E-state index in [0.29, 0.717) is 11.3 Å². The molecule has 0 spiro atoms. The first kappa shape index (κ1) is 13.4. The molecular weight excluding hydrogens is 260 g/mol. The Kier molecular flexibility index (Phi) is 3.53. The molecule has 0 radical (unpaired) electrons. The molecule has 0 amide bonds. The van der Waals surface area contributed by atoms with Gasteiger partial charge in [-0.25, -0.2) is 0 Å². The first-order chi connectivity index (χ1) is 9.52. The number of nitrogens with zero attached hydrogens (tertiary/aromatic N) is 2. The maximum absolute atomic E-state index is 11.0. The number of nitro groups is 1. The predicted molar refractivity (Wildman–Crippen MR) is 70.7 cm³/mol. The second kappa shape index (κ2) is 5.28. The van der Waals surface area contributed by atoms with Crippen LogP contribution in [0, 0.1) is 28.4 Å². The lowest BCUT2D eigenvalue weighted by molar-refractivity contribution is -0.385. The monoisotopic (exact) mass is 270 g/mol. The lowest BCUT2D eigenvalue weighted by atomic mass is 10.2. The Labute approximate surface area is 114 Å². The molecule has 2 aromatic rings. The number of benzene rings is 2. The van der Waals surface area contributed by atoms with Crippen molar-refractivity contribution in [2.75, 3.05) is 0 Å². The van der Waals surface area contributed by atoms with Crippen LogP contribution in [0.2, 0.25) is 0 Å². The third kappa shape index (κ3) is 2.52. The second-order valence-electron chi connectivity index (χ2n) is 4.05. The molecular formula is C14H10N2O4. The molecule has 2 aromatic carbocycles. The van der Waals surface area contributed by atoms with Gasteiger partial charge in [0.1, 0.15) is 11.5 Å². The van der Waals surface area contributed by atoms with Crippen molar-refractivity contribution in [3.8, 4) is 23.3 Å². The van der Waals surface area contributed by atoms with E-state index in [1.807, 2.05) is 6.07 Å². The van der Waals surface area contributed by atoms with Crippen LogP contribution in [0.5, 0.6) is 17.2 Å². The molecule has 0 aliphatic carbocycles. The average Bonchev–Trinajstić information content (AvgIpc) is 2.43. The summed E-state index contributed by atoms with van der Waals surface area (Å²) >= 11 is 0. The van der Waals surface area contributed by atoms with Crippen molar-refractivity contribution in [3.05, 3.63) is 57.6 Å². The van der Waals surface area contributed by atoms with Crippen LogP contribution >= 0.6 is 0 Å². The molecule has 0 saturated heterocycles. The molecule has 0 atom stereocenters. The first-order valence-electron chi connectivity index (χ1n) is 5.68. The average molecular weight is 270 g/mol. The van der Waals surface area contributed by atoms with Crippen molar-refractivity contribution >= 4 is 5.69 Å². The van der Waals surface area contributed by atoms with E-state index >= 15 is 0 Å². The maximum Gasteiger partial charge on any atom is 0.311 e. The van der Waals surface area contributed by atoms with E-state index in [1.165, 1.54) is 24.3 Å². The van der Waals surface area contributed by atoms with E-state index < -0.39 is 4.92 Å². The minimum Gasteiger partial charge on any atom is -0.508 e. The Morgan fingerprint density at radius 3 is 2.70 bits per heavy atom. The smallest absolute Gasteiger partial charge is 0.311 e. The molecule has 100 valence electrons. The standard InChI is InChI=1S/C14H10N2O4/c1-9-12(17)3-2-4-13(9)20-14-7-10(8-15)5-6-11(14)16(18)19/h2-7,17H,1H3. The summed E-state index contributed by atoms with van der Waals surface area (Å²) in [7, 11) is 0. The maximum atomic E-state index is 11.0. The van der Waals surface area contributed by atoms with Crippen LogP contribution in [0.3, 0.4) is 0 Å². The number of rotatable bonds is 3. The van der Waals surface area contributed by atoms with Gasteiger partial charge in [-0.05, 0) is 25.1 Å². The molecule has 1 N–H and O–H groups in total. The largest absolute Gasteiger partial charge is 0.508 e. The zero-order chi connectivity index (χ0) is 14.7. The van der Waals surface area contributed by atoms with Gasteiger partial charge in [0.05, 0.1) is 16.6 Å². The molecule has 6 heteroatoms. The number of phenolic OH excluding ortho intramolecular Hbond substituents is 1. The Bertz CT molecular complexity index is 720. The Balaban J connectivity index is 2.49. The van der Waals surface area contributed by atoms with Crippen molar-refractivity contribution in [2.45, 2.75) is 6.92 Å². The Morgan fingerprint density at radius 1 is 1.30 bits per heavy atom. The van der Waals surface area contributed by atoms with Gasteiger partial charge >= 0.3 is 5.69 Å². The molecule has 0 aliphatic rings. The first-order valence-corrected chi connectivity index (χ1v) is 5.68. The normalized spacial score (nSPS) is 9.80. The summed E-state index contributed by atoms with van der Waals surface area (Å²) in [5.74, 6) is 0.285. The summed E-state index contributed by atoms with van der Waals surface area (Å²) in [6, 6.07) is 10.4. The lowest BCUT2D eigenvalue weighted by Crippen LogP contribution is -1.95. The molecule has 0 aliphatic heterocycles. The minimum atomic E-state index is -0.589. The Morgan fingerprint density at radius 2 is 2.05 bits per heavy atom. The Hall–Kier alpha value is -3.07. The van der Waals surface area contributed by atoms with Gasteiger partial charge in [-0.15, -0.1) is 0 Å². The van der Waals surface area contributed by atoms with Gasteiger partial charge in [0.15, 0.2) is 0 Å². The third-order valence-corrected chi connectivity index (χ3v) is 2.76. The van der Waals surface area contributed by atoms with Gasteiger partial charge in [-0.1, -0.05) is 6.07 Å². The quantitative estimate of drug-likeness (QED) is 0.681. The van der Waals surface area contributed by atoms with Crippen LogP contribution in [-0.2, 0) is 0 Å². The van der Waals surface area contributed by atoms with Gasteiger partial charge < -0.3 is 9.84 Å². The topological polar surface area (TPSA) is 96.4 Å².